The number of benzene rings is 1. The number of nitrogens with two attached hydrogens (primary N) is 1. The number of rotatable bonds is 5. The molecule has 0 amide bonds. The lowest BCUT2D eigenvalue weighted by Gasteiger charge is -2.12. The Balaban J connectivity index is 2.50. The summed E-state index contributed by atoms with van der Waals surface area (Å²) in [4.78, 5) is 10.3. The summed E-state index contributed by atoms with van der Waals surface area (Å²) in [6.07, 6.45) is 1.53. The minimum absolute atomic E-state index is 0.0579. The third-order valence-electron chi connectivity index (χ3n) is 2.21. The van der Waals surface area contributed by atoms with Crippen molar-refractivity contribution in [3.8, 4) is 0 Å². The minimum atomic E-state index is -0.759. The molecule has 0 aliphatic heterocycles. The number of carboxylic acids is 1. The lowest BCUT2D eigenvalue weighted by atomic mass is 10.0. The zero-order chi connectivity index (χ0) is 11.3. The highest BCUT2D eigenvalue weighted by molar-refractivity contribution is 14.1. The summed E-state index contributed by atoms with van der Waals surface area (Å²) >= 11 is 2.24. The van der Waals surface area contributed by atoms with Crippen LogP contribution in [-0.4, -0.2) is 11.1 Å². The van der Waals surface area contributed by atoms with Gasteiger partial charge in [-0.3, -0.25) is 4.79 Å². The predicted molar refractivity (Wildman–Crippen MR) is 67.6 cm³/mol. The van der Waals surface area contributed by atoms with E-state index in [0.29, 0.717) is 12.8 Å². The fourth-order valence-corrected chi connectivity index (χ4v) is 2.19. The highest BCUT2D eigenvalue weighted by atomic mass is 127. The number of carbonyl (C=O) groups is 1. The smallest absolute Gasteiger partial charge is 0.303 e. The molecule has 1 aromatic rings. The summed E-state index contributed by atoms with van der Waals surface area (Å²) < 4.78 is 1.14. The maximum atomic E-state index is 10.3. The molecule has 0 saturated carbocycles. The van der Waals surface area contributed by atoms with Crippen molar-refractivity contribution in [1.82, 2.24) is 0 Å². The van der Waals surface area contributed by atoms with Gasteiger partial charge in [0.25, 0.3) is 0 Å². The third-order valence-corrected chi connectivity index (χ3v) is 3.19. The van der Waals surface area contributed by atoms with Crippen molar-refractivity contribution in [2.45, 2.75) is 25.3 Å². The van der Waals surface area contributed by atoms with Crippen LogP contribution in [0.25, 0.3) is 0 Å². The maximum Gasteiger partial charge on any atom is 0.303 e. The van der Waals surface area contributed by atoms with Gasteiger partial charge in [0.1, 0.15) is 0 Å². The topological polar surface area (TPSA) is 63.3 Å². The number of aliphatic carboxylic acids is 1. The van der Waals surface area contributed by atoms with Crippen LogP contribution in [0.5, 0.6) is 0 Å². The molecule has 0 aliphatic carbocycles. The lowest BCUT2D eigenvalue weighted by Crippen LogP contribution is -2.12. The van der Waals surface area contributed by atoms with Gasteiger partial charge in [-0.25, -0.2) is 0 Å². The summed E-state index contributed by atoms with van der Waals surface area (Å²) in [6.45, 7) is 0. The van der Waals surface area contributed by atoms with Crippen LogP contribution in [-0.2, 0) is 4.79 Å². The Morgan fingerprint density at radius 2 is 2.13 bits per heavy atom. The Labute approximate surface area is 103 Å². The Kier molecular flexibility index (Phi) is 5.04. The lowest BCUT2D eigenvalue weighted by molar-refractivity contribution is -0.137. The van der Waals surface area contributed by atoms with Crippen LogP contribution in [0.4, 0.5) is 0 Å². The Hall–Kier alpha value is -0.620. The molecule has 0 aliphatic rings. The van der Waals surface area contributed by atoms with Crippen molar-refractivity contribution in [2.75, 3.05) is 0 Å². The Morgan fingerprint density at radius 1 is 1.47 bits per heavy atom. The van der Waals surface area contributed by atoms with Gasteiger partial charge in [0.05, 0.1) is 0 Å². The minimum Gasteiger partial charge on any atom is -0.481 e. The van der Waals surface area contributed by atoms with Gasteiger partial charge in [-0.15, -0.1) is 0 Å². The highest BCUT2D eigenvalue weighted by Gasteiger charge is 2.09. The van der Waals surface area contributed by atoms with Crippen molar-refractivity contribution >= 4 is 28.6 Å². The van der Waals surface area contributed by atoms with Gasteiger partial charge in [0.2, 0.25) is 0 Å². The van der Waals surface area contributed by atoms with E-state index in [1.165, 1.54) is 0 Å². The van der Waals surface area contributed by atoms with E-state index in [1.807, 2.05) is 24.3 Å². The summed E-state index contributed by atoms with van der Waals surface area (Å²) in [5, 5.41) is 8.51. The summed E-state index contributed by atoms with van der Waals surface area (Å²) in [6, 6.07) is 7.86. The molecule has 0 radical (unpaired) electrons. The molecule has 3 nitrogen and oxygen atoms in total. The molecule has 0 spiro atoms. The normalized spacial score (nSPS) is 12.4. The average molecular weight is 319 g/mol. The van der Waals surface area contributed by atoms with Crippen LogP contribution in [0.3, 0.4) is 0 Å². The van der Waals surface area contributed by atoms with Gasteiger partial charge >= 0.3 is 5.97 Å². The second-order valence-corrected chi connectivity index (χ2v) is 4.58. The van der Waals surface area contributed by atoms with Crippen LogP contribution in [0.15, 0.2) is 24.3 Å². The zero-order valence-electron chi connectivity index (χ0n) is 8.32. The van der Waals surface area contributed by atoms with E-state index >= 15 is 0 Å². The average Bonchev–Trinajstić information content (AvgIpc) is 2.17. The van der Waals surface area contributed by atoms with E-state index in [4.69, 9.17) is 10.8 Å². The van der Waals surface area contributed by atoms with Crippen LogP contribution in [0.2, 0.25) is 0 Å². The van der Waals surface area contributed by atoms with Crippen molar-refractivity contribution < 1.29 is 9.90 Å². The largest absolute Gasteiger partial charge is 0.481 e. The molecule has 0 bridgehead atoms. The zero-order valence-corrected chi connectivity index (χ0v) is 10.5. The van der Waals surface area contributed by atoms with Crippen molar-refractivity contribution in [3.63, 3.8) is 0 Å². The van der Waals surface area contributed by atoms with Crippen molar-refractivity contribution in [2.24, 2.45) is 5.73 Å². The van der Waals surface area contributed by atoms with Crippen molar-refractivity contribution in [3.05, 3.63) is 33.4 Å². The first-order chi connectivity index (χ1) is 7.11. The number of halogens is 1. The summed E-state index contributed by atoms with van der Waals surface area (Å²) in [5.41, 5.74) is 7.08. The molecule has 0 fully saturated rings. The molecular formula is C11H14INO2. The number of hydrogen-bond acceptors (Lipinski definition) is 2. The highest BCUT2D eigenvalue weighted by Crippen LogP contribution is 2.21. The van der Waals surface area contributed by atoms with Crippen LogP contribution in [0.1, 0.15) is 30.9 Å². The molecule has 0 aromatic heterocycles. The molecule has 1 atom stereocenters. The van der Waals surface area contributed by atoms with Crippen LogP contribution in [0, 0.1) is 3.57 Å². The third kappa shape index (κ3) is 4.17. The molecule has 82 valence electrons. The molecule has 0 unspecified atom stereocenters. The van der Waals surface area contributed by atoms with Gasteiger partial charge in [-0.1, -0.05) is 18.2 Å². The molecule has 15 heavy (non-hydrogen) atoms. The first-order valence-corrected chi connectivity index (χ1v) is 5.91. The molecule has 4 heteroatoms. The Morgan fingerprint density at radius 3 is 2.73 bits per heavy atom. The molecule has 1 aromatic carbocycles. The molecule has 0 saturated heterocycles. The van der Waals surface area contributed by atoms with E-state index < -0.39 is 5.97 Å². The van der Waals surface area contributed by atoms with Gasteiger partial charge in [0.15, 0.2) is 0 Å². The fourth-order valence-electron chi connectivity index (χ4n) is 1.40. The predicted octanol–water partition coefficient (Wildman–Crippen LogP) is 2.55. The van der Waals surface area contributed by atoms with Gasteiger partial charge in [0, 0.05) is 16.0 Å². The Bertz CT molecular complexity index is 341. The first-order valence-electron chi connectivity index (χ1n) is 4.83. The van der Waals surface area contributed by atoms with E-state index in [9.17, 15) is 4.79 Å². The second kappa shape index (κ2) is 6.07. The van der Waals surface area contributed by atoms with Gasteiger partial charge < -0.3 is 10.8 Å². The van der Waals surface area contributed by atoms with Gasteiger partial charge in [-0.2, -0.15) is 0 Å². The monoisotopic (exact) mass is 319 g/mol. The molecule has 1 rings (SSSR count). The first kappa shape index (κ1) is 12.4. The van der Waals surface area contributed by atoms with Crippen LogP contribution < -0.4 is 5.73 Å². The van der Waals surface area contributed by atoms with E-state index in [0.717, 1.165) is 9.13 Å². The van der Waals surface area contributed by atoms with Crippen molar-refractivity contribution in [1.29, 1.82) is 0 Å². The quantitative estimate of drug-likeness (QED) is 0.820. The molecule has 3 N–H and O–H groups in total. The molecule has 0 heterocycles. The van der Waals surface area contributed by atoms with E-state index in [2.05, 4.69) is 22.6 Å². The second-order valence-electron chi connectivity index (χ2n) is 3.41. The number of carboxylic acid groups (broad SMARTS) is 1. The SMILES string of the molecule is N[C@@H](CCCC(=O)O)c1ccccc1I. The standard InChI is InChI=1S/C11H14INO2/c12-9-5-2-1-4-8(9)10(13)6-3-7-11(14)15/h1-2,4-5,10H,3,6-7,13H2,(H,14,15)/t10-/m0/s1. The van der Waals surface area contributed by atoms with Crippen LogP contribution >= 0.6 is 22.6 Å². The fraction of sp³-hybridized carbons (Fsp3) is 0.364. The summed E-state index contributed by atoms with van der Waals surface area (Å²) in [5.74, 6) is -0.759. The maximum absolute atomic E-state index is 10.3. The summed E-state index contributed by atoms with van der Waals surface area (Å²) in [7, 11) is 0. The van der Waals surface area contributed by atoms with E-state index in [-0.39, 0.29) is 12.5 Å². The number of hydrogen-bond donors (Lipinski definition) is 2. The molecular weight excluding hydrogens is 305 g/mol. The van der Waals surface area contributed by atoms with Gasteiger partial charge in [-0.05, 0) is 47.1 Å². The van der Waals surface area contributed by atoms with E-state index in [1.54, 1.807) is 0 Å².